The van der Waals surface area contributed by atoms with Gasteiger partial charge in [0.25, 0.3) is 0 Å². The van der Waals surface area contributed by atoms with Gasteiger partial charge in [0.05, 0.1) is 23.1 Å². The quantitative estimate of drug-likeness (QED) is 0.581. The molecule has 1 aliphatic rings. The Morgan fingerprint density at radius 1 is 1.56 bits per heavy atom. The predicted molar refractivity (Wildman–Crippen MR) is 62.5 cm³/mol. The number of methoxy groups -OCH3 is 1. The van der Waals surface area contributed by atoms with E-state index in [9.17, 15) is 4.79 Å². The van der Waals surface area contributed by atoms with E-state index in [1.54, 1.807) is 12.1 Å². The van der Waals surface area contributed by atoms with Crippen molar-refractivity contribution < 1.29 is 9.53 Å². The van der Waals surface area contributed by atoms with Crippen LogP contribution in [0.4, 0.5) is 0 Å². The molecule has 1 aliphatic carbocycles. The van der Waals surface area contributed by atoms with Crippen LogP contribution in [-0.2, 0) is 10.2 Å². The van der Waals surface area contributed by atoms with Crippen LogP contribution < -0.4 is 0 Å². The highest BCUT2D eigenvalue weighted by Crippen LogP contribution is 2.48. The van der Waals surface area contributed by atoms with Crippen LogP contribution in [0.3, 0.4) is 0 Å². The number of hydrogen-bond donors (Lipinski definition) is 0. The zero-order chi connectivity index (χ0) is 11.8. The lowest BCUT2D eigenvalue weighted by Gasteiger charge is -2.10. The minimum Gasteiger partial charge on any atom is -0.465 e. The highest BCUT2D eigenvalue weighted by molar-refractivity contribution is 6.33. The van der Waals surface area contributed by atoms with E-state index in [0.717, 1.165) is 18.4 Å². The number of esters is 1. The first-order chi connectivity index (χ1) is 7.63. The van der Waals surface area contributed by atoms with E-state index < -0.39 is 5.97 Å². The zero-order valence-corrected chi connectivity index (χ0v) is 9.67. The molecule has 0 radical (unpaired) electrons. The summed E-state index contributed by atoms with van der Waals surface area (Å²) in [4.78, 5) is 11.3. The third kappa shape index (κ3) is 1.68. The number of ether oxygens (including phenoxy) is 1. The van der Waals surface area contributed by atoms with Gasteiger partial charge in [0.2, 0.25) is 0 Å². The molecule has 3 heteroatoms. The highest BCUT2D eigenvalue weighted by Gasteiger charge is 2.42. The second-order valence-electron chi connectivity index (χ2n) is 3.91. The van der Waals surface area contributed by atoms with Crippen molar-refractivity contribution in [2.75, 3.05) is 7.11 Å². The summed E-state index contributed by atoms with van der Waals surface area (Å²) in [5, 5.41) is 0.394. The fourth-order valence-corrected chi connectivity index (χ4v) is 1.99. The van der Waals surface area contributed by atoms with Gasteiger partial charge in [-0.05, 0) is 30.5 Å². The van der Waals surface area contributed by atoms with Crippen LogP contribution in [0.15, 0.2) is 18.2 Å². The van der Waals surface area contributed by atoms with Gasteiger partial charge in [-0.15, -0.1) is 6.42 Å². The van der Waals surface area contributed by atoms with E-state index in [0.29, 0.717) is 10.6 Å². The molecule has 2 nitrogen and oxygen atoms in total. The molecule has 1 aromatic rings. The summed E-state index contributed by atoms with van der Waals surface area (Å²) in [6.07, 6.45) is 7.46. The van der Waals surface area contributed by atoms with Crippen molar-refractivity contribution in [3.8, 4) is 12.3 Å². The minimum atomic E-state index is -0.429. The summed E-state index contributed by atoms with van der Waals surface area (Å²) in [6.45, 7) is 0. The maximum Gasteiger partial charge on any atom is 0.339 e. The van der Waals surface area contributed by atoms with Crippen molar-refractivity contribution >= 4 is 17.6 Å². The Morgan fingerprint density at radius 3 is 2.69 bits per heavy atom. The molecule has 0 unspecified atom stereocenters. The average molecular weight is 235 g/mol. The van der Waals surface area contributed by atoms with Crippen LogP contribution in [0.1, 0.15) is 28.8 Å². The van der Waals surface area contributed by atoms with Crippen molar-refractivity contribution in [3.05, 3.63) is 34.3 Å². The number of terminal acetylenes is 1. The first kappa shape index (κ1) is 11.0. The Hall–Kier alpha value is -1.46. The second kappa shape index (κ2) is 3.84. The van der Waals surface area contributed by atoms with Gasteiger partial charge in [0, 0.05) is 0 Å². The molecule has 16 heavy (non-hydrogen) atoms. The molecule has 0 bridgehead atoms. The van der Waals surface area contributed by atoms with Gasteiger partial charge in [-0.1, -0.05) is 23.6 Å². The third-order valence-corrected chi connectivity index (χ3v) is 3.27. The lowest BCUT2D eigenvalue weighted by atomic mass is 9.96. The smallest absolute Gasteiger partial charge is 0.339 e. The van der Waals surface area contributed by atoms with Gasteiger partial charge in [0.1, 0.15) is 0 Å². The maximum absolute atomic E-state index is 11.3. The van der Waals surface area contributed by atoms with E-state index in [4.69, 9.17) is 18.0 Å². The second-order valence-corrected chi connectivity index (χ2v) is 4.32. The highest BCUT2D eigenvalue weighted by atomic mass is 35.5. The standard InChI is InChI=1S/C13H11ClO2/c1-3-13(6-7-13)9-4-5-10(11(14)8-9)12(15)16-2/h1,4-5,8H,6-7H2,2H3. The van der Waals surface area contributed by atoms with Crippen LogP contribution in [0.25, 0.3) is 0 Å². The van der Waals surface area contributed by atoms with Gasteiger partial charge in [-0.3, -0.25) is 0 Å². The normalized spacial score (nSPS) is 16.3. The number of benzene rings is 1. The Morgan fingerprint density at radius 2 is 2.25 bits per heavy atom. The number of hydrogen-bond acceptors (Lipinski definition) is 2. The van der Waals surface area contributed by atoms with Crippen molar-refractivity contribution in [1.82, 2.24) is 0 Å². The lowest BCUT2D eigenvalue weighted by Crippen LogP contribution is -2.06. The third-order valence-electron chi connectivity index (χ3n) is 2.95. The summed E-state index contributed by atoms with van der Waals surface area (Å²) in [5.41, 5.74) is 1.23. The van der Waals surface area contributed by atoms with Crippen LogP contribution in [0.5, 0.6) is 0 Å². The molecule has 82 valence electrons. The van der Waals surface area contributed by atoms with E-state index >= 15 is 0 Å². The number of carbonyl (C=O) groups excluding carboxylic acids is 1. The average Bonchev–Trinajstić information content (AvgIpc) is 3.09. The number of halogens is 1. The Balaban J connectivity index is 2.38. The fourth-order valence-electron chi connectivity index (χ4n) is 1.73. The van der Waals surface area contributed by atoms with Gasteiger partial charge in [-0.2, -0.15) is 0 Å². The van der Waals surface area contributed by atoms with Gasteiger partial charge < -0.3 is 4.74 Å². The summed E-state index contributed by atoms with van der Waals surface area (Å²) in [6, 6.07) is 5.28. The molecule has 2 rings (SSSR count). The first-order valence-corrected chi connectivity index (χ1v) is 5.37. The summed E-state index contributed by atoms with van der Waals surface area (Å²) < 4.78 is 4.62. The van der Waals surface area contributed by atoms with Crippen LogP contribution >= 0.6 is 11.6 Å². The van der Waals surface area contributed by atoms with Crippen LogP contribution in [-0.4, -0.2) is 13.1 Å². The van der Waals surface area contributed by atoms with Crippen molar-refractivity contribution in [2.45, 2.75) is 18.3 Å². The Bertz CT molecular complexity index is 481. The number of rotatable bonds is 2. The summed E-state index contributed by atoms with van der Waals surface area (Å²) >= 11 is 6.02. The van der Waals surface area contributed by atoms with E-state index in [1.807, 2.05) is 6.07 Å². The topological polar surface area (TPSA) is 26.3 Å². The van der Waals surface area contributed by atoms with E-state index in [-0.39, 0.29) is 5.41 Å². The van der Waals surface area contributed by atoms with Gasteiger partial charge in [0.15, 0.2) is 0 Å². The summed E-state index contributed by atoms with van der Waals surface area (Å²) in [5.74, 6) is 2.36. The molecule has 0 aliphatic heterocycles. The molecule has 1 fully saturated rings. The molecule has 0 N–H and O–H groups in total. The molecular weight excluding hydrogens is 224 g/mol. The molecule has 0 saturated heterocycles. The van der Waals surface area contributed by atoms with E-state index in [1.165, 1.54) is 7.11 Å². The first-order valence-electron chi connectivity index (χ1n) is 4.99. The molecule has 0 amide bonds. The zero-order valence-electron chi connectivity index (χ0n) is 8.92. The minimum absolute atomic E-state index is 0.154. The molecule has 1 aromatic carbocycles. The maximum atomic E-state index is 11.3. The largest absolute Gasteiger partial charge is 0.465 e. The van der Waals surface area contributed by atoms with Gasteiger partial charge >= 0.3 is 5.97 Å². The Labute approximate surface area is 99.6 Å². The van der Waals surface area contributed by atoms with E-state index in [2.05, 4.69) is 10.7 Å². The SMILES string of the molecule is C#CC1(c2ccc(C(=O)OC)c(Cl)c2)CC1. The fraction of sp³-hybridized carbons (Fsp3) is 0.308. The van der Waals surface area contributed by atoms with Crippen molar-refractivity contribution in [3.63, 3.8) is 0 Å². The molecule has 0 aromatic heterocycles. The monoisotopic (exact) mass is 234 g/mol. The molecule has 0 spiro atoms. The van der Waals surface area contributed by atoms with Crippen molar-refractivity contribution in [2.24, 2.45) is 0 Å². The summed E-state index contributed by atoms with van der Waals surface area (Å²) in [7, 11) is 1.33. The molecule has 0 heterocycles. The Kier molecular flexibility index (Phi) is 2.65. The lowest BCUT2D eigenvalue weighted by molar-refractivity contribution is 0.0601. The van der Waals surface area contributed by atoms with Crippen molar-refractivity contribution in [1.29, 1.82) is 0 Å². The van der Waals surface area contributed by atoms with Crippen LogP contribution in [0.2, 0.25) is 5.02 Å². The van der Waals surface area contributed by atoms with Crippen LogP contribution in [0, 0.1) is 12.3 Å². The van der Waals surface area contributed by atoms with Gasteiger partial charge in [-0.25, -0.2) is 4.79 Å². The molecule has 1 saturated carbocycles. The molecule has 0 atom stereocenters. The number of carbonyl (C=O) groups is 1. The molecular formula is C13H11ClO2. The predicted octanol–water partition coefficient (Wildman–Crippen LogP) is 2.79.